The van der Waals surface area contributed by atoms with Crippen LogP contribution in [-0.2, 0) is 9.47 Å². The van der Waals surface area contributed by atoms with Crippen LogP contribution in [0.3, 0.4) is 0 Å². The van der Waals surface area contributed by atoms with E-state index in [9.17, 15) is 15.3 Å². The van der Waals surface area contributed by atoms with Gasteiger partial charge in [-0.2, -0.15) is 0 Å². The van der Waals surface area contributed by atoms with E-state index in [-0.39, 0.29) is 26.1 Å². The summed E-state index contributed by atoms with van der Waals surface area (Å²) in [5.41, 5.74) is 0. The first-order valence-corrected chi connectivity index (χ1v) is 6.70. The third-order valence-electron chi connectivity index (χ3n) is 2.52. The lowest BCUT2D eigenvalue weighted by atomic mass is 10.1. The summed E-state index contributed by atoms with van der Waals surface area (Å²) >= 11 is 0. The van der Waals surface area contributed by atoms with Gasteiger partial charge in [0.05, 0.1) is 25.4 Å². The van der Waals surface area contributed by atoms with Crippen molar-refractivity contribution in [1.29, 1.82) is 0 Å². The molecule has 0 radical (unpaired) electrons. The molecule has 20 heavy (non-hydrogen) atoms. The summed E-state index contributed by atoms with van der Waals surface area (Å²) in [6.07, 6.45) is -2.48. The van der Waals surface area contributed by atoms with E-state index in [2.05, 4.69) is 0 Å². The van der Waals surface area contributed by atoms with Crippen molar-refractivity contribution in [2.75, 3.05) is 13.2 Å². The molecular weight excluding hydrogens is 268 g/mol. The highest BCUT2D eigenvalue weighted by Gasteiger charge is 2.27. The lowest BCUT2D eigenvalue weighted by Gasteiger charge is -2.28. The minimum absolute atomic E-state index is 0.0142. The molecule has 4 atom stereocenters. The predicted octanol–water partition coefficient (Wildman–Crippen LogP) is -0.661. The second kappa shape index (κ2) is 8.23. The maximum absolute atomic E-state index is 9.76. The molecule has 0 aliphatic heterocycles. The summed E-state index contributed by atoms with van der Waals surface area (Å²) < 4.78 is 10.2. The molecule has 5 N–H and O–H groups in total. The average Bonchev–Trinajstić information content (AvgIpc) is 2.20. The zero-order chi connectivity index (χ0) is 16.0. The van der Waals surface area contributed by atoms with Crippen LogP contribution in [0.15, 0.2) is 0 Å². The third-order valence-corrected chi connectivity index (χ3v) is 2.52. The van der Waals surface area contributed by atoms with Gasteiger partial charge in [0.15, 0.2) is 11.6 Å². The van der Waals surface area contributed by atoms with Crippen LogP contribution in [0.1, 0.15) is 40.5 Å². The minimum Gasteiger partial charge on any atom is -0.393 e. The van der Waals surface area contributed by atoms with Crippen molar-refractivity contribution >= 4 is 0 Å². The van der Waals surface area contributed by atoms with Gasteiger partial charge in [-0.1, -0.05) is 0 Å². The smallest absolute Gasteiger partial charge is 0.165 e. The Morgan fingerprint density at radius 1 is 0.800 bits per heavy atom. The van der Waals surface area contributed by atoms with E-state index >= 15 is 0 Å². The van der Waals surface area contributed by atoms with Crippen LogP contribution in [0.25, 0.3) is 0 Å². The van der Waals surface area contributed by atoms with Crippen molar-refractivity contribution in [3.8, 4) is 0 Å². The number of hydrogen-bond acceptors (Lipinski definition) is 7. The van der Waals surface area contributed by atoms with Crippen molar-refractivity contribution in [1.82, 2.24) is 0 Å². The molecule has 0 saturated carbocycles. The number of aliphatic hydroxyl groups is 5. The summed E-state index contributed by atoms with van der Waals surface area (Å²) in [6.45, 7) is 5.40. The summed E-state index contributed by atoms with van der Waals surface area (Å²) in [6, 6.07) is 0. The van der Waals surface area contributed by atoms with Gasteiger partial charge in [0, 0.05) is 12.8 Å². The first-order valence-electron chi connectivity index (χ1n) is 6.70. The molecule has 0 saturated heterocycles. The summed E-state index contributed by atoms with van der Waals surface area (Å²) in [7, 11) is 0. The standard InChI is InChI=1S/C13H28O7/c1-9(14)5-12(3,17)19-7-11(16)8-20-13(4,18)6-10(2)15/h9-11,14-18H,5-8H2,1-4H3/t9-,10-,11?,12?,13?/m1/s1. The van der Waals surface area contributed by atoms with Crippen LogP contribution in [0.4, 0.5) is 0 Å². The Labute approximate surface area is 119 Å². The highest BCUT2D eigenvalue weighted by Crippen LogP contribution is 2.16. The highest BCUT2D eigenvalue weighted by molar-refractivity contribution is 4.68. The molecule has 0 aromatic rings. The average molecular weight is 296 g/mol. The van der Waals surface area contributed by atoms with Crippen LogP contribution < -0.4 is 0 Å². The van der Waals surface area contributed by atoms with Gasteiger partial charge in [0.25, 0.3) is 0 Å². The van der Waals surface area contributed by atoms with Gasteiger partial charge in [-0.05, 0) is 27.7 Å². The zero-order valence-corrected chi connectivity index (χ0v) is 12.6. The van der Waals surface area contributed by atoms with Crippen LogP contribution in [0.2, 0.25) is 0 Å². The Morgan fingerprint density at radius 3 is 1.35 bits per heavy atom. The van der Waals surface area contributed by atoms with Crippen molar-refractivity contribution < 1.29 is 35.0 Å². The van der Waals surface area contributed by atoms with Crippen molar-refractivity contribution in [2.45, 2.75) is 70.4 Å². The van der Waals surface area contributed by atoms with Gasteiger partial charge in [-0.3, -0.25) is 0 Å². The van der Waals surface area contributed by atoms with E-state index < -0.39 is 29.9 Å². The highest BCUT2D eigenvalue weighted by atomic mass is 16.6. The molecule has 0 aliphatic rings. The Bertz CT molecular complexity index is 237. The summed E-state index contributed by atoms with van der Waals surface area (Å²) in [5, 5.41) is 47.5. The summed E-state index contributed by atoms with van der Waals surface area (Å²) in [5.74, 6) is -3.09. The van der Waals surface area contributed by atoms with Gasteiger partial charge in [0.2, 0.25) is 0 Å². The van der Waals surface area contributed by atoms with Crippen molar-refractivity contribution in [3.63, 3.8) is 0 Å². The second-order valence-electron chi connectivity index (χ2n) is 5.73. The van der Waals surface area contributed by atoms with Crippen LogP contribution in [0, 0.1) is 0 Å². The molecule has 0 aliphatic carbocycles. The normalized spacial score (nSPS) is 22.6. The lowest BCUT2D eigenvalue weighted by Crippen LogP contribution is -2.39. The fourth-order valence-corrected chi connectivity index (χ4v) is 1.81. The zero-order valence-electron chi connectivity index (χ0n) is 12.6. The van der Waals surface area contributed by atoms with Crippen molar-refractivity contribution in [3.05, 3.63) is 0 Å². The monoisotopic (exact) mass is 296 g/mol. The first kappa shape index (κ1) is 19.7. The maximum atomic E-state index is 9.76. The Balaban J connectivity index is 4.03. The van der Waals surface area contributed by atoms with Gasteiger partial charge in [-0.25, -0.2) is 0 Å². The van der Waals surface area contributed by atoms with Crippen LogP contribution in [0.5, 0.6) is 0 Å². The van der Waals surface area contributed by atoms with Crippen molar-refractivity contribution in [2.24, 2.45) is 0 Å². The van der Waals surface area contributed by atoms with E-state index in [1.165, 1.54) is 27.7 Å². The van der Waals surface area contributed by atoms with Gasteiger partial charge >= 0.3 is 0 Å². The number of aliphatic hydroxyl groups excluding tert-OH is 3. The molecule has 0 heterocycles. The molecule has 0 aromatic heterocycles. The molecular formula is C13H28O7. The van der Waals surface area contributed by atoms with E-state index in [4.69, 9.17) is 19.7 Å². The molecule has 122 valence electrons. The fourth-order valence-electron chi connectivity index (χ4n) is 1.81. The largest absolute Gasteiger partial charge is 0.393 e. The van der Waals surface area contributed by atoms with Gasteiger partial charge in [0.1, 0.15) is 6.10 Å². The fraction of sp³-hybridized carbons (Fsp3) is 1.00. The molecule has 0 fully saturated rings. The van der Waals surface area contributed by atoms with Crippen LogP contribution in [-0.4, -0.2) is 68.6 Å². The number of ether oxygens (including phenoxy) is 2. The molecule has 0 rings (SSSR count). The predicted molar refractivity (Wildman–Crippen MR) is 71.8 cm³/mol. The van der Waals surface area contributed by atoms with Gasteiger partial charge in [-0.15, -0.1) is 0 Å². The molecule has 2 unspecified atom stereocenters. The number of hydrogen-bond donors (Lipinski definition) is 5. The van der Waals surface area contributed by atoms with Crippen LogP contribution >= 0.6 is 0 Å². The quantitative estimate of drug-likeness (QED) is 0.339. The SMILES string of the molecule is C[C@@H](O)CC(C)(O)OCC(O)COC(C)(O)C[C@@H](C)O. The van der Waals surface area contributed by atoms with E-state index in [1.807, 2.05) is 0 Å². The lowest BCUT2D eigenvalue weighted by molar-refractivity contribution is -0.240. The molecule has 0 bridgehead atoms. The van der Waals surface area contributed by atoms with E-state index in [0.717, 1.165) is 0 Å². The first-order chi connectivity index (χ1) is 8.93. The number of rotatable bonds is 10. The Kier molecular flexibility index (Phi) is 8.12. The molecule has 0 aromatic carbocycles. The van der Waals surface area contributed by atoms with Gasteiger partial charge < -0.3 is 35.0 Å². The minimum atomic E-state index is -1.54. The molecule has 0 amide bonds. The third kappa shape index (κ3) is 10.5. The Hall–Kier alpha value is -0.280. The van der Waals surface area contributed by atoms with E-state index in [1.54, 1.807) is 0 Å². The summed E-state index contributed by atoms with van der Waals surface area (Å²) in [4.78, 5) is 0. The molecule has 0 spiro atoms. The molecule has 7 nitrogen and oxygen atoms in total. The Morgan fingerprint density at radius 2 is 1.10 bits per heavy atom. The topological polar surface area (TPSA) is 120 Å². The molecule has 7 heteroatoms. The second-order valence-corrected chi connectivity index (χ2v) is 5.73. The maximum Gasteiger partial charge on any atom is 0.165 e. The van der Waals surface area contributed by atoms with E-state index in [0.29, 0.717) is 0 Å².